The third-order valence-corrected chi connectivity index (χ3v) is 2.22. The van der Waals surface area contributed by atoms with Crippen molar-refractivity contribution in [2.75, 3.05) is 13.1 Å². The molecule has 0 aliphatic carbocycles. The van der Waals surface area contributed by atoms with Crippen LogP contribution < -0.4 is 0 Å². The van der Waals surface area contributed by atoms with Gasteiger partial charge in [0.1, 0.15) is 13.1 Å². The van der Waals surface area contributed by atoms with E-state index in [1.54, 1.807) is 0 Å². The third-order valence-electron chi connectivity index (χ3n) is 2.22. The molecule has 0 amide bonds. The SMILES string of the molecule is O=C(O)CN(CC(=O)O)/N=C\c1cccc(C(F)(F)F)c1. The molecule has 6 nitrogen and oxygen atoms in total. The van der Waals surface area contributed by atoms with E-state index in [-0.39, 0.29) is 5.56 Å². The number of carboxylic acids is 2. The molecule has 0 heterocycles. The largest absolute Gasteiger partial charge is 0.480 e. The lowest BCUT2D eigenvalue weighted by molar-refractivity contribution is -0.142. The van der Waals surface area contributed by atoms with Crippen LogP contribution in [0.25, 0.3) is 0 Å². The van der Waals surface area contributed by atoms with Crippen LogP contribution in [0.5, 0.6) is 0 Å². The summed E-state index contributed by atoms with van der Waals surface area (Å²) in [6.07, 6.45) is -3.53. The molecule has 1 rings (SSSR count). The third kappa shape index (κ3) is 5.93. The molecule has 2 N–H and O–H groups in total. The smallest absolute Gasteiger partial charge is 0.416 e. The van der Waals surface area contributed by atoms with Crippen molar-refractivity contribution in [2.45, 2.75) is 6.18 Å². The van der Waals surface area contributed by atoms with E-state index in [9.17, 15) is 22.8 Å². The molecule has 0 aliphatic heterocycles. The van der Waals surface area contributed by atoms with Crippen molar-refractivity contribution in [3.05, 3.63) is 35.4 Å². The Morgan fingerprint density at radius 2 is 1.76 bits per heavy atom. The lowest BCUT2D eigenvalue weighted by atomic mass is 10.1. The van der Waals surface area contributed by atoms with Crippen LogP contribution in [-0.4, -0.2) is 46.5 Å². The number of hydrazone groups is 1. The zero-order valence-corrected chi connectivity index (χ0v) is 10.5. The molecule has 9 heteroatoms. The van der Waals surface area contributed by atoms with Crippen LogP contribution in [0.2, 0.25) is 0 Å². The van der Waals surface area contributed by atoms with Gasteiger partial charge in [0.2, 0.25) is 0 Å². The average Bonchev–Trinajstić information content (AvgIpc) is 2.34. The topological polar surface area (TPSA) is 90.2 Å². The van der Waals surface area contributed by atoms with Crippen molar-refractivity contribution in [3.63, 3.8) is 0 Å². The summed E-state index contributed by atoms with van der Waals surface area (Å²) in [5, 5.41) is 21.5. The lowest BCUT2D eigenvalue weighted by Gasteiger charge is -2.13. The van der Waals surface area contributed by atoms with Gasteiger partial charge in [-0.15, -0.1) is 0 Å². The summed E-state index contributed by atoms with van der Waals surface area (Å²) in [5.74, 6) is -2.62. The molecule has 0 saturated heterocycles. The van der Waals surface area contributed by atoms with Crippen LogP contribution >= 0.6 is 0 Å². The number of halogens is 3. The minimum Gasteiger partial charge on any atom is -0.480 e. The van der Waals surface area contributed by atoms with E-state index in [1.165, 1.54) is 12.1 Å². The van der Waals surface area contributed by atoms with Gasteiger partial charge in [0, 0.05) is 0 Å². The lowest BCUT2D eigenvalue weighted by Crippen LogP contribution is -2.30. The number of nitrogens with zero attached hydrogens (tertiary/aromatic N) is 2. The molecule has 0 aromatic heterocycles. The van der Waals surface area contributed by atoms with Crippen LogP contribution in [0.3, 0.4) is 0 Å². The van der Waals surface area contributed by atoms with Gasteiger partial charge >= 0.3 is 18.1 Å². The first kappa shape index (κ1) is 16.5. The molecule has 0 atom stereocenters. The van der Waals surface area contributed by atoms with Gasteiger partial charge in [-0.05, 0) is 17.7 Å². The van der Waals surface area contributed by atoms with Gasteiger partial charge in [-0.2, -0.15) is 18.3 Å². The molecule has 1 aromatic rings. The van der Waals surface area contributed by atoms with Gasteiger partial charge in [-0.3, -0.25) is 14.6 Å². The Hall–Kier alpha value is -2.58. The molecule has 0 fully saturated rings. The first-order chi connectivity index (χ1) is 9.68. The van der Waals surface area contributed by atoms with Gasteiger partial charge in [-0.25, -0.2) is 0 Å². The Bertz CT molecular complexity index is 542. The minimum atomic E-state index is -4.51. The quantitative estimate of drug-likeness (QED) is 0.614. The summed E-state index contributed by atoms with van der Waals surface area (Å²) in [5.41, 5.74) is -0.805. The van der Waals surface area contributed by atoms with E-state index in [1.807, 2.05) is 0 Å². The van der Waals surface area contributed by atoms with Crippen molar-refractivity contribution in [1.82, 2.24) is 5.01 Å². The van der Waals surface area contributed by atoms with E-state index in [2.05, 4.69) is 5.10 Å². The summed E-state index contributed by atoms with van der Waals surface area (Å²) in [4.78, 5) is 21.1. The van der Waals surface area contributed by atoms with Gasteiger partial charge in [0.25, 0.3) is 0 Å². The molecule has 0 bridgehead atoms. The highest BCUT2D eigenvalue weighted by molar-refractivity contribution is 5.80. The fraction of sp³-hybridized carbons (Fsp3) is 0.250. The first-order valence-electron chi connectivity index (χ1n) is 5.58. The highest BCUT2D eigenvalue weighted by atomic mass is 19.4. The predicted molar refractivity (Wildman–Crippen MR) is 65.9 cm³/mol. The maximum absolute atomic E-state index is 12.5. The van der Waals surface area contributed by atoms with Crippen molar-refractivity contribution < 1.29 is 33.0 Å². The maximum atomic E-state index is 12.5. The van der Waals surface area contributed by atoms with Crippen LogP contribution in [0.1, 0.15) is 11.1 Å². The molecule has 0 unspecified atom stereocenters. The van der Waals surface area contributed by atoms with Gasteiger partial charge in [-0.1, -0.05) is 12.1 Å². The molecule has 1 aromatic carbocycles. The Labute approximate surface area is 117 Å². The summed E-state index contributed by atoms with van der Waals surface area (Å²) < 4.78 is 37.5. The molecular formula is C12H11F3N2O4. The van der Waals surface area contributed by atoms with Crippen molar-refractivity contribution in [2.24, 2.45) is 5.10 Å². The molecule has 0 spiro atoms. The first-order valence-corrected chi connectivity index (χ1v) is 5.58. The summed E-state index contributed by atoms with van der Waals surface area (Å²) in [7, 11) is 0. The van der Waals surface area contributed by atoms with E-state index < -0.39 is 36.8 Å². The Morgan fingerprint density at radius 1 is 1.19 bits per heavy atom. The van der Waals surface area contributed by atoms with E-state index >= 15 is 0 Å². The van der Waals surface area contributed by atoms with Gasteiger partial charge in [0.05, 0.1) is 11.8 Å². The summed E-state index contributed by atoms with van der Waals surface area (Å²) in [6, 6.07) is 4.20. The van der Waals surface area contributed by atoms with Gasteiger partial charge in [0.15, 0.2) is 0 Å². The van der Waals surface area contributed by atoms with Crippen molar-refractivity contribution in [3.8, 4) is 0 Å². The predicted octanol–water partition coefficient (Wildman–Crippen LogP) is 1.51. The highest BCUT2D eigenvalue weighted by Gasteiger charge is 2.30. The second-order valence-electron chi connectivity index (χ2n) is 3.98. The fourth-order valence-electron chi connectivity index (χ4n) is 1.39. The number of carbonyl (C=O) groups is 2. The zero-order valence-electron chi connectivity index (χ0n) is 10.5. The molecule has 0 radical (unpaired) electrons. The zero-order chi connectivity index (χ0) is 16.0. The molecule has 0 saturated carbocycles. The van der Waals surface area contributed by atoms with Crippen LogP contribution in [0.4, 0.5) is 13.2 Å². The molecule has 0 aliphatic rings. The monoisotopic (exact) mass is 304 g/mol. The van der Waals surface area contributed by atoms with E-state index in [0.717, 1.165) is 18.3 Å². The number of aliphatic carboxylic acids is 2. The number of hydrogen-bond donors (Lipinski definition) is 2. The molecular weight excluding hydrogens is 293 g/mol. The number of benzene rings is 1. The Balaban J connectivity index is 2.90. The van der Waals surface area contributed by atoms with E-state index in [0.29, 0.717) is 5.01 Å². The Kier molecular flexibility index (Phi) is 5.28. The summed E-state index contributed by atoms with van der Waals surface area (Å²) >= 11 is 0. The maximum Gasteiger partial charge on any atom is 0.416 e. The van der Waals surface area contributed by atoms with Crippen molar-refractivity contribution >= 4 is 18.2 Å². The number of rotatable bonds is 6. The van der Waals surface area contributed by atoms with Crippen LogP contribution in [0, 0.1) is 0 Å². The fourth-order valence-corrected chi connectivity index (χ4v) is 1.39. The standard InChI is InChI=1S/C12H11F3N2O4/c13-12(14,15)9-3-1-2-8(4-9)5-16-17(6-10(18)19)7-11(20)21/h1-5H,6-7H2,(H,18,19)(H,20,21)/b16-5-. The van der Waals surface area contributed by atoms with Crippen molar-refractivity contribution in [1.29, 1.82) is 0 Å². The molecule has 114 valence electrons. The number of alkyl halides is 3. The normalized spacial score (nSPS) is 11.6. The minimum absolute atomic E-state index is 0.0746. The van der Waals surface area contributed by atoms with E-state index in [4.69, 9.17) is 10.2 Å². The van der Waals surface area contributed by atoms with Gasteiger partial charge < -0.3 is 10.2 Å². The summed E-state index contributed by atoms with van der Waals surface area (Å²) in [6.45, 7) is -1.36. The second-order valence-corrected chi connectivity index (χ2v) is 3.98. The molecule has 21 heavy (non-hydrogen) atoms. The van der Waals surface area contributed by atoms with Crippen LogP contribution in [0.15, 0.2) is 29.4 Å². The van der Waals surface area contributed by atoms with Crippen LogP contribution in [-0.2, 0) is 15.8 Å². The average molecular weight is 304 g/mol. The Morgan fingerprint density at radius 3 is 2.24 bits per heavy atom. The number of hydrogen-bond acceptors (Lipinski definition) is 4. The second kappa shape index (κ2) is 6.73. The number of carboxylic acid groups (broad SMARTS) is 2. The highest BCUT2D eigenvalue weighted by Crippen LogP contribution is 2.29.